The fraction of sp³-hybridized carbons (Fsp3) is 0.304. The topological polar surface area (TPSA) is 65.9 Å². The maximum atomic E-state index is 14.3. The summed E-state index contributed by atoms with van der Waals surface area (Å²) in [5, 5.41) is 9.04. The van der Waals surface area contributed by atoms with Gasteiger partial charge in [0, 0.05) is 37.4 Å². The number of rotatable bonds is 4. The molecule has 0 saturated carbocycles. The maximum absolute atomic E-state index is 14.3. The molecule has 6 heteroatoms. The number of nitrogens with zero attached hydrogens (tertiary/aromatic N) is 3. The predicted molar refractivity (Wildman–Crippen MR) is 115 cm³/mol. The molecule has 1 atom stereocenters. The molecule has 3 aromatic rings. The lowest BCUT2D eigenvalue weighted by Crippen LogP contribution is -2.35. The van der Waals surface area contributed by atoms with Crippen LogP contribution in [-0.2, 0) is 6.54 Å². The Hall–Kier alpha value is -2.59. The van der Waals surface area contributed by atoms with Crippen molar-refractivity contribution in [2.45, 2.75) is 26.4 Å². The van der Waals surface area contributed by atoms with Gasteiger partial charge in [-0.2, -0.15) is 5.26 Å². The van der Waals surface area contributed by atoms with Crippen LogP contribution in [-0.4, -0.2) is 28.4 Å². The number of halogens is 1. The van der Waals surface area contributed by atoms with Gasteiger partial charge < -0.3 is 5.73 Å². The quantitative estimate of drug-likeness (QED) is 0.684. The molecule has 29 heavy (non-hydrogen) atoms. The lowest BCUT2D eigenvalue weighted by atomic mass is 9.89. The fourth-order valence-corrected chi connectivity index (χ4v) is 4.72. The average Bonchev–Trinajstić information content (AvgIpc) is 3.29. The van der Waals surface area contributed by atoms with E-state index in [0.29, 0.717) is 0 Å². The third-order valence-corrected chi connectivity index (χ3v) is 6.48. The van der Waals surface area contributed by atoms with Crippen LogP contribution in [0.1, 0.15) is 25.0 Å². The highest BCUT2D eigenvalue weighted by Crippen LogP contribution is 2.39. The first-order valence-corrected chi connectivity index (χ1v) is 10.4. The van der Waals surface area contributed by atoms with E-state index in [0.717, 1.165) is 41.2 Å². The summed E-state index contributed by atoms with van der Waals surface area (Å²) >= 11 is 1.43. The lowest BCUT2D eigenvalue weighted by Gasteiger charge is -2.23. The minimum Gasteiger partial charge on any atom is -0.326 e. The van der Waals surface area contributed by atoms with Gasteiger partial charge in [-0.25, -0.2) is 8.76 Å². The number of hydrogen-bond donors (Lipinski definition) is 1. The fourth-order valence-electron chi connectivity index (χ4n) is 4.03. The van der Waals surface area contributed by atoms with E-state index in [9.17, 15) is 4.39 Å². The third kappa shape index (κ3) is 3.82. The van der Waals surface area contributed by atoms with Crippen LogP contribution in [0.25, 0.3) is 21.6 Å². The first-order valence-electron chi connectivity index (χ1n) is 9.60. The van der Waals surface area contributed by atoms with E-state index >= 15 is 0 Å². The first-order chi connectivity index (χ1) is 13.9. The van der Waals surface area contributed by atoms with E-state index in [1.165, 1.54) is 29.2 Å². The van der Waals surface area contributed by atoms with Crippen LogP contribution in [0.2, 0.25) is 0 Å². The predicted octanol–water partition coefficient (Wildman–Crippen LogP) is 4.66. The summed E-state index contributed by atoms with van der Waals surface area (Å²) in [5.74, 6) is -0.502. The van der Waals surface area contributed by atoms with Gasteiger partial charge in [-0.15, -0.1) is 0 Å². The molecular weight excluding hydrogens is 383 g/mol. The summed E-state index contributed by atoms with van der Waals surface area (Å²) < 4.78 is 18.6. The molecule has 4 nitrogen and oxygen atoms in total. The second-order valence-corrected chi connectivity index (χ2v) is 9.12. The van der Waals surface area contributed by atoms with Gasteiger partial charge in [0.25, 0.3) is 0 Å². The van der Waals surface area contributed by atoms with Crippen molar-refractivity contribution in [3.63, 3.8) is 0 Å². The van der Waals surface area contributed by atoms with Gasteiger partial charge in [0.1, 0.15) is 11.9 Å². The number of likely N-dealkylation sites (tertiary alicyclic amines) is 1. The van der Waals surface area contributed by atoms with Gasteiger partial charge >= 0.3 is 0 Å². The van der Waals surface area contributed by atoms with E-state index < -0.39 is 5.82 Å². The highest BCUT2D eigenvalue weighted by atomic mass is 32.1. The average molecular weight is 407 g/mol. The Kier molecular flexibility index (Phi) is 5.22. The zero-order valence-corrected chi connectivity index (χ0v) is 17.3. The Morgan fingerprint density at radius 1 is 1.31 bits per heavy atom. The SMILES string of the molecule is CC1(C)CN(Cc2cccc(-c3ccc(C#N)c(F)c3)c2-c2ccns2)CC1N. The van der Waals surface area contributed by atoms with Crippen LogP contribution in [0, 0.1) is 22.6 Å². The Labute approximate surface area is 174 Å². The second-order valence-electron chi connectivity index (χ2n) is 8.29. The standard InChI is InChI=1S/C23H23FN4S/c1-23(2)14-28(13-21(23)26)12-17-4-3-5-18(22(17)20-8-9-27-29-20)15-6-7-16(11-25)19(24)10-15/h3-10,21H,12-14,26H2,1-2H3. The smallest absolute Gasteiger partial charge is 0.141 e. The summed E-state index contributed by atoms with van der Waals surface area (Å²) in [4.78, 5) is 3.43. The van der Waals surface area contributed by atoms with Crippen molar-refractivity contribution in [2.75, 3.05) is 13.1 Å². The summed E-state index contributed by atoms with van der Waals surface area (Å²) in [6.07, 6.45) is 1.79. The molecule has 2 N–H and O–H groups in total. The van der Waals surface area contributed by atoms with Crippen LogP contribution >= 0.6 is 11.5 Å². The molecule has 0 aliphatic carbocycles. The van der Waals surface area contributed by atoms with E-state index in [1.54, 1.807) is 12.3 Å². The van der Waals surface area contributed by atoms with E-state index in [2.05, 4.69) is 29.2 Å². The minimum absolute atomic E-state index is 0.0533. The lowest BCUT2D eigenvalue weighted by molar-refractivity contribution is 0.282. The van der Waals surface area contributed by atoms with Crippen molar-refractivity contribution in [1.29, 1.82) is 5.26 Å². The van der Waals surface area contributed by atoms with Crippen molar-refractivity contribution in [3.05, 3.63) is 65.6 Å². The molecular formula is C23H23FN4S. The van der Waals surface area contributed by atoms with E-state index in [-0.39, 0.29) is 17.0 Å². The third-order valence-electron chi connectivity index (χ3n) is 5.72. The number of nitriles is 1. The molecule has 2 aromatic carbocycles. The summed E-state index contributed by atoms with van der Waals surface area (Å²) in [6.45, 7) is 6.98. The zero-order valence-electron chi connectivity index (χ0n) is 16.5. The normalized spacial score (nSPS) is 18.7. The molecule has 1 aromatic heterocycles. The highest BCUT2D eigenvalue weighted by Gasteiger charge is 2.37. The molecule has 0 amide bonds. The Balaban J connectivity index is 1.79. The summed E-state index contributed by atoms with van der Waals surface area (Å²) in [5.41, 5.74) is 10.4. The van der Waals surface area contributed by atoms with Gasteiger partial charge in [-0.3, -0.25) is 4.90 Å². The Morgan fingerprint density at radius 2 is 2.14 bits per heavy atom. The van der Waals surface area contributed by atoms with Gasteiger partial charge in [0.05, 0.1) is 10.4 Å². The molecule has 0 spiro atoms. The van der Waals surface area contributed by atoms with Crippen molar-refractivity contribution in [3.8, 4) is 27.6 Å². The van der Waals surface area contributed by atoms with Gasteiger partial charge in [0.15, 0.2) is 0 Å². The van der Waals surface area contributed by atoms with Gasteiger partial charge in [0.2, 0.25) is 0 Å². The van der Waals surface area contributed by atoms with Crippen molar-refractivity contribution >= 4 is 11.5 Å². The maximum Gasteiger partial charge on any atom is 0.141 e. The number of aromatic nitrogens is 1. The molecule has 1 fully saturated rings. The van der Waals surface area contributed by atoms with E-state index in [4.69, 9.17) is 11.0 Å². The second kappa shape index (κ2) is 7.68. The van der Waals surface area contributed by atoms with Crippen LogP contribution in [0.3, 0.4) is 0 Å². The van der Waals surface area contributed by atoms with Crippen LogP contribution < -0.4 is 5.73 Å². The van der Waals surface area contributed by atoms with E-state index in [1.807, 2.05) is 24.3 Å². The van der Waals surface area contributed by atoms with Gasteiger partial charge in [-0.1, -0.05) is 38.1 Å². The molecule has 148 valence electrons. The van der Waals surface area contributed by atoms with Crippen molar-refractivity contribution in [1.82, 2.24) is 9.27 Å². The Bertz CT molecular complexity index is 1070. The molecule has 1 unspecified atom stereocenters. The van der Waals surface area contributed by atoms with Crippen molar-refractivity contribution in [2.24, 2.45) is 11.1 Å². The summed E-state index contributed by atoms with van der Waals surface area (Å²) in [6, 6.07) is 14.9. The Morgan fingerprint density at radius 3 is 2.76 bits per heavy atom. The largest absolute Gasteiger partial charge is 0.326 e. The highest BCUT2D eigenvalue weighted by molar-refractivity contribution is 7.09. The zero-order chi connectivity index (χ0) is 20.6. The monoisotopic (exact) mass is 406 g/mol. The van der Waals surface area contributed by atoms with Crippen LogP contribution in [0.15, 0.2) is 48.7 Å². The van der Waals surface area contributed by atoms with Crippen LogP contribution in [0.4, 0.5) is 4.39 Å². The molecule has 0 radical (unpaired) electrons. The van der Waals surface area contributed by atoms with Crippen molar-refractivity contribution < 1.29 is 4.39 Å². The first kappa shape index (κ1) is 19.7. The number of nitrogens with two attached hydrogens (primary N) is 1. The molecule has 1 aliphatic heterocycles. The van der Waals surface area contributed by atoms with Gasteiger partial charge in [-0.05, 0) is 51.8 Å². The van der Waals surface area contributed by atoms with Crippen LogP contribution in [0.5, 0.6) is 0 Å². The summed E-state index contributed by atoms with van der Waals surface area (Å²) in [7, 11) is 0. The molecule has 4 rings (SSSR count). The number of hydrogen-bond acceptors (Lipinski definition) is 5. The molecule has 1 saturated heterocycles. The minimum atomic E-state index is -0.502. The molecule has 0 bridgehead atoms. The molecule has 2 heterocycles. The number of benzene rings is 2. The molecule has 1 aliphatic rings.